The van der Waals surface area contributed by atoms with E-state index in [4.69, 9.17) is 14.6 Å². The molecule has 12 aromatic carbocycles. The third-order valence-corrected chi connectivity index (χ3v) is 39.1. The van der Waals surface area contributed by atoms with Crippen LogP contribution >= 0.6 is 0 Å². The molecule has 4 bridgehead atoms. The van der Waals surface area contributed by atoms with Crippen LogP contribution in [0.1, 0.15) is 218 Å². The van der Waals surface area contributed by atoms with Crippen molar-refractivity contribution in [3.05, 3.63) is 382 Å². The van der Waals surface area contributed by atoms with E-state index in [0.29, 0.717) is 34.4 Å². The van der Waals surface area contributed by atoms with Gasteiger partial charge in [0.25, 0.3) is 0 Å². The predicted molar refractivity (Wildman–Crippen MR) is 534 cm³/mol. The first kappa shape index (κ1) is 116. The largest absolute Gasteiger partial charge is 0.748 e. The van der Waals surface area contributed by atoms with Gasteiger partial charge in [-0.2, -0.15) is 0 Å². The number of carbonyl (C=O) groups excluding carboxylic acids is 3. The van der Waals surface area contributed by atoms with Crippen molar-refractivity contribution >= 4 is 75.1 Å². The van der Waals surface area contributed by atoms with E-state index in [0.717, 1.165) is 46.4 Å². The number of carbonyl (C=O) groups is 4. The summed E-state index contributed by atoms with van der Waals surface area (Å²) in [5.74, 6) is 0.124. The third-order valence-electron chi connectivity index (χ3n) is 25.1. The minimum absolute atomic E-state index is 0.00511. The van der Waals surface area contributed by atoms with Crippen molar-refractivity contribution in [2.75, 3.05) is 37.1 Å². The Balaban J connectivity index is 0.000000181. The number of carboxylic acid groups (broad SMARTS) is 1. The van der Waals surface area contributed by atoms with Gasteiger partial charge in [-0.05, 0) is 282 Å². The van der Waals surface area contributed by atoms with Gasteiger partial charge in [-0.1, -0.05) is 271 Å². The average molecular weight is 2440 g/mol. The Kier molecular flexibility index (Phi) is 46.2. The summed E-state index contributed by atoms with van der Waals surface area (Å²) < 4.78 is 155. The van der Waals surface area contributed by atoms with Crippen LogP contribution < -0.4 is 84.8 Å². The highest BCUT2D eigenvalue weighted by atomic mass is 127. The van der Waals surface area contributed by atoms with Crippen molar-refractivity contribution in [3.63, 3.8) is 0 Å². The van der Waals surface area contributed by atoms with Crippen molar-refractivity contribution in [2.45, 2.75) is 174 Å². The molecule has 7 unspecified atom stereocenters. The summed E-state index contributed by atoms with van der Waals surface area (Å²) in [5, 5.41) is 10.8. The fourth-order valence-corrected chi connectivity index (χ4v) is 28.6. The van der Waals surface area contributed by atoms with Crippen molar-refractivity contribution in [1.29, 1.82) is 0 Å². The molecule has 7 atom stereocenters. The molecule has 0 heterocycles. The Bertz CT molecular complexity index is 6070. The Hall–Kier alpha value is -8.66. The highest BCUT2D eigenvalue weighted by Gasteiger charge is 2.63. The molecule has 0 radical (unpaired) electrons. The lowest BCUT2D eigenvalue weighted by Crippen LogP contribution is -3.61. The second-order valence-corrected chi connectivity index (χ2v) is 54.9. The zero-order chi connectivity index (χ0) is 103. The fourth-order valence-electron chi connectivity index (χ4n) is 17.2. The van der Waals surface area contributed by atoms with Gasteiger partial charge in [-0.15, -0.1) is 0 Å². The summed E-state index contributed by atoms with van der Waals surface area (Å²) in [7, 11) is -17.4. The summed E-state index contributed by atoms with van der Waals surface area (Å²) in [6, 6.07) is 105. The summed E-state index contributed by atoms with van der Waals surface area (Å²) in [6.07, 6.45) is 8.74. The highest BCUT2D eigenvalue weighted by Crippen LogP contribution is 2.69. The standard InChI is InChI=1S/C22H30I.C16H24O5S.C15H24O3S.C14H14O5S.3C12H10I.C10H10O7S/c1-7-21(3,4)17-9-13-19(14-10-17)23-20-15-11-18(12-16-20)22(5,6)8-2;17-16(21-4-1-5-22(18,19)20)13-8-11-7-12(13)15-10-3-2-9(6-10)14(11)15;1-9(2)12-7-13(10(3)4)15(19(16,17)18)14(8-12)11(5)6;15-14(19-8-3-9-20(16,17)18)13-7-6-11-4-1-2-5-12(11)10-13;3*1-3-7-11(8-4-1)13-12-9-5-2-6-10-12;11-9(12)7-3-1-2-4-8(7)10(13)17-5-6-18(14,15)16/h9-16H,7-8H2,1-6H3;9-15H,1-8H2,(H,18,19,20);7-11H,1-6H3,(H,16,17,18);1-2,4-7,10H,3,8-9H2,(H,16,17,18);3*1-10H;1-4H,5-6H2,(H,11,12)(H,14,15,16)/q+1;;;;3*+1;/p-4. The van der Waals surface area contributed by atoms with Crippen LogP contribution in [0, 0.1) is 70.0 Å². The second kappa shape index (κ2) is 56.2. The molecule has 0 amide bonds. The molecule has 28 heteroatoms. The number of carboxylic acids is 1. The highest BCUT2D eigenvalue weighted by molar-refractivity contribution is 7.86. The molecule has 16 rings (SSSR count). The first-order valence-corrected chi connectivity index (χ1v) is 62.0. The van der Waals surface area contributed by atoms with Crippen LogP contribution in [0.5, 0.6) is 0 Å². The van der Waals surface area contributed by atoms with E-state index in [1.54, 1.807) is 12.1 Å². The van der Waals surface area contributed by atoms with Crippen LogP contribution in [0.15, 0.2) is 314 Å². The van der Waals surface area contributed by atoms with Gasteiger partial charge in [0.2, 0.25) is 0 Å². The molecule has 4 aliphatic rings. The number of halogens is 4. The topological polar surface area (TPSA) is 345 Å². The van der Waals surface area contributed by atoms with E-state index in [-0.39, 0.29) is 161 Å². The van der Waals surface area contributed by atoms with Gasteiger partial charge in [0.15, 0.2) is 28.6 Å². The molecule has 4 fully saturated rings. The molecule has 1 N–H and O–H groups in total. The van der Waals surface area contributed by atoms with Gasteiger partial charge in [0.05, 0.1) is 76.8 Å². The van der Waals surface area contributed by atoms with Gasteiger partial charge >= 0.3 is 109 Å². The quantitative estimate of drug-likeness (QED) is 0.0105. The molecule has 20 nitrogen and oxygen atoms in total. The minimum Gasteiger partial charge on any atom is -0.748 e. The lowest BCUT2D eigenvalue weighted by molar-refractivity contribution is -0.597. The molecular weight excluding hydrogens is 2310 g/mol. The Morgan fingerprint density at radius 1 is 0.369 bits per heavy atom. The summed E-state index contributed by atoms with van der Waals surface area (Å²) >= 11 is 0.00680. The van der Waals surface area contributed by atoms with E-state index < -0.39 is 82.2 Å². The first-order valence-electron chi connectivity index (χ1n) is 47.3. The number of rotatable bonds is 31. The number of fused-ring (bicyclic) bond motifs is 10. The summed E-state index contributed by atoms with van der Waals surface area (Å²) in [6.45, 7) is 25.0. The van der Waals surface area contributed by atoms with Crippen LogP contribution in [-0.2, 0) is 70.3 Å². The molecule has 141 heavy (non-hydrogen) atoms. The average Bonchev–Trinajstić information content (AvgIpc) is 1.55. The third kappa shape index (κ3) is 38.7. The van der Waals surface area contributed by atoms with Gasteiger partial charge < -0.3 is 37.5 Å². The van der Waals surface area contributed by atoms with Crippen molar-refractivity contribution in [3.8, 4) is 0 Å². The van der Waals surface area contributed by atoms with Crippen LogP contribution in [-0.4, -0.2) is 118 Å². The first-order chi connectivity index (χ1) is 66.9. The molecule has 0 spiro atoms. The molecule has 0 saturated heterocycles. The smallest absolute Gasteiger partial charge is 0.357 e. The number of esters is 3. The number of aromatic carboxylic acids is 1. The van der Waals surface area contributed by atoms with Crippen molar-refractivity contribution in [2.24, 2.45) is 41.4 Å². The molecule has 752 valence electrons. The lowest BCUT2D eigenvalue weighted by Gasteiger charge is -2.37. The molecule has 4 aliphatic carbocycles. The minimum atomic E-state index is -4.47. The fraction of sp³-hybridized carbons (Fsp3) is 0.345. The molecular formula is C113H128I4O20S4. The number of benzene rings is 12. The zero-order valence-corrected chi connectivity index (χ0v) is 93.6. The van der Waals surface area contributed by atoms with E-state index in [2.05, 4.69) is 291 Å². The van der Waals surface area contributed by atoms with Crippen LogP contribution in [0.25, 0.3) is 10.8 Å². The Morgan fingerprint density at radius 3 is 1.08 bits per heavy atom. The van der Waals surface area contributed by atoms with Gasteiger partial charge in [0.1, 0.15) is 16.7 Å². The van der Waals surface area contributed by atoms with E-state index in [1.165, 1.54) is 102 Å². The van der Waals surface area contributed by atoms with Crippen molar-refractivity contribution < 1.29 is 175 Å². The number of hydrogen-bond donors (Lipinski definition) is 1. The second-order valence-electron chi connectivity index (χ2n) is 36.9. The van der Waals surface area contributed by atoms with Crippen LogP contribution in [0.4, 0.5) is 0 Å². The summed E-state index contributed by atoms with van der Waals surface area (Å²) in [5.41, 5.74) is 5.78. The maximum absolute atomic E-state index is 12.3. The number of hydrogen-bond acceptors (Lipinski definition) is 19. The molecule has 0 aliphatic heterocycles. The van der Waals surface area contributed by atoms with Crippen molar-refractivity contribution in [1.82, 2.24) is 0 Å². The summed E-state index contributed by atoms with van der Waals surface area (Å²) in [4.78, 5) is 46.3. The lowest BCUT2D eigenvalue weighted by atomic mass is 9.67. The maximum Gasteiger partial charge on any atom is 0.357 e. The normalized spacial score (nSPS) is 16.5. The van der Waals surface area contributed by atoms with Gasteiger partial charge in [0, 0.05) is 11.5 Å². The number of ether oxygens (including phenoxy) is 3. The van der Waals surface area contributed by atoms with Gasteiger partial charge in [-0.3, -0.25) is 4.79 Å². The van der Waals surface area contributed by atoms with E-state index >= 15 is 0 Å². The zero-order valence-electron chi connectivity index (χ0n) is 81.7. The van der Waals surface area contributed by atoms with Crippen LogP contribution in [0.3, 0.4) is 0 Å². The Morgan fingerprint density at radius 2 is 0.716 bits per heavy atom. The maximum atomic E-state index is 12.3. The van der Waals surface area contributed by atoms with Gasteiger partial charge in [-0.25, -0.2) is 48.1 Å². The molecule has 12 aromatic rings. The van der Waals surface area contributed by atoms with E-state index in [9.17, 15) is 71.1 Å². The molecule has 0 aromatic heterocycles. The predicted octanol–water partition coefficient (Wildman–Crippen LogP) is 10.4. The van der Waals surface area contributed by atoms with E-state index in [1.807, 2.05) is 70.2 Å². The SMILES string of the molecule is CC(C)c1cc(C(C)C)c(S(=O)(=O)[O-])c(C(C)C)c1.CCC(C)(C)c1ccc([I+]c2ccc(C(C)(C)CC)cc2)cc1.O=C(O)c1ccccc1C(=O)OCCS(=O)(=O)[O-].O=C(OCCCS(=O)(=O)[O-])C1CC2CC1C1C3CCC(C3)C21.O=C(OCCCS(=O)(=O)[O-])c1ccc2ccccc2c1.c1ccc([I+]c2ccccc2)cc1.c1ccc([I+]c2ccccc2)cc1.c1ccc([I+]c2ccccc2)cc1. The monoisotopic (exact) mass is 2440 g/mol. The van der Waals surface area contributed by atoms with Crippen LogP contribution in [0.2, 0.25) is 0 Å². The Labute approximate surface area is 876 Å². The molecule has 4 saturated carbocycles.